The molecular weight excluding hydrogens is 303 g/mol. The van der Waals surface area contributed by atoms with Crippen molar-refractivity contribution in [2.24, 2.45) is 0 Å². The highest BCUT2D eigenvalue weighted by Crippen LogP contribution is 2.14. The summed E-state index contributed by atoms with van der Waals surface area (Å²) in [5, 5.41) is 0. The fraction of sp³-hybridized carbons (Fsp3) is 0.350. The number of benzene rings is 2. The molecule has 0 unspecified atom stereocenters. The highest BCUT2D eigenvalue weighted by Gasteiger charge is 2.21. The van der Waals surface area contributed by atoms with Gasteiger partial charge in [0.15, 0.2) is 0 Å². The number of rotatable bonds is 3. The third-order valence-electron chi connectivity index (χ3n) is 4.57. The number of nitrogens with zero attached hydrogens (tertiary/aromatic N) is 2. The summed E-state index contributed by atoms with van der Waals surface area (Å²) >= 11 is 0. The molecule has 1 aliphatic heterocycles. The van der Waals surface area contributed by atoms with Crippen molar-refractivity contribution in [1.82, 2.24) is 9.80 Å². The van der Waals surface area contributed by atoms with Crippen LogP contribution in [0.2, 0.25) is 0 Å². The molecule has 1 fully saturated rings. The monoisotopic (exact) mass is 326 g/mol. The number of halogens is 1. The predicted octanol–water partition coefficient (Wildman–Crippen LogP) is 3.48. The maximum Gasteiger partial charge on any atom is 0.254 e. The van der Waals surface area contributed by atoms with Crippen molar-refractivity contribution in [2.75, 3.05) is 26.2 Å². The van der Waals surface area contributed by atoms with Crippen LogP contribution >= 0.6 is 0 Å². The molecule has 0 saturated carbocycles. The summed E-state index contributed by atoms with van der Waals surface area (Å²) in [5.41, 5.74) is 2.93. The molecule has 1 heterocycles. The van der Waals surface area contributed by atoms with Gasteiger partial charge >= 0.3 is 0 Å². The minimum atomic E-state index is -0.204. The topological polar surface area (TPSA) is 23.6 Å². The Hall–Kier alpha value is -2.20. The van der Waals surface area contributed by atoms with Crippen molar-refractivity contribution >= 4 is 5.91 Å². The van der Waals surface area contributed by atoms with Gasteiger partial charge in [0.25, 0.3) is 5.91 Å². The molecule has 3 rings (SSSR count). The fourth-order valence-electron chi connectivity index (χ4n) is 3.16. The van der Waals surface area contributed by atoms with Crippen LogP contribution in [0.3, 0.4) is 0 Å². The molecule has 24 heavy (non-hydrogen) atoms. The molecule has 1 aliphatic rings. The van der Waals surface area contributed by atoms with E-state index < -0.39 is 0 Å². The van der Waals surface area contributed by atoms with E-state index in [1.54, 1.807) is 0 Å². The molecule has 2 aromatic carbocycles. The number of hydrogen-bond donors (Lipinski definition) is 0. The lowest BCUT2D eigenvalue weighted by Crippen LogP contribution is -2.35. The lowest BCUT2D eigenvalue weighted by molar-refractivity contribution is 0.0760. The number of aryl methyl sites for hydroxylation is 1. The van der Waals surface area contributed by atoms with Gasteiger partial charge in [0.2, 0.25) is 0 Å². The summed E-state index contributed by atoms with van der Waals surface area (Å²) in [5.74, 6) is -0.0821. The standard InChI is InChI=1S/C20H23FN2O/c1-16-5-2-3-6-19(16)20(24)23-12-4-11-22(13-14-23)15-17-7-9-18(21)10-8-17/h2-3,5-10H,4,11-15H2,1H3. The average molecular weight is 326 g/mol. The number of carbonyl (C=O) groups excluding carboxylic acids is 1. The quantitative estimate of drug-likeness (QED) is 0.862. The first-order valence-electron chi connectivity index (χ1n) is 8.45. The number of hydrogen-bond acceptors (Lipinski definition) is 2. The normalized spacial score (nSPS) is 16.0. The summed E-state index contributed by atoms with van der Waals surface area (Å²) in [4.78, 5) is 17.0. The van der Waals surface area contributed by atoms with Gasteiger partial charge in [-0.2, -0.15) is 0 Å². The zero-order chi connectivity index (χ0) is 16.9. The van der Waals surface area contributed by atoms with Gasteiger partial charge in [-0.05, 0) is 42.7 Å². The van der Waals surface area contributed by atoms with E-state index in [4.69, 9.17) is 0 Å². The number of amides is 1. The van der Waals surface area contributed by atoms with E-state index in [0.29, 0.717) is 0 Å². The van der Waals surface area contributed by atoms with Crippen LogP contribution in [-0.2, 0) is 6.54 Å². The molecule has 0 radical (unpaired) electrons. The van der Waals surface area contributed by atoms with Crippen LogP contribution in [0.5, 0.6) is 0 Å². The van der Waals surface area contributed by atoms with Gasteiger partial charge in [0, 0.05) is 38.3 Å². The molecule has 1 saturated heterocycles. The Labute approximate surface area is 142 Å². The van der Waals surface area contributed by atoms with Crippen LogP contribution in [-0.4, -0.2) is 41.9 Å². The number of carbonyl (C=O) groups is 1. The molecule has 0 bridgehead atoms. The van der Waals surface area contributed by atoms with Gasteiger partial charge in [0.05, 0.1) is 0 Å². The van der Waals surface area contributed by atoms with Crippen molar-refractivity contribution in [3.05, 3.63) is 71.0 Å². The molecule has 1 amide bonds. The van der Waals surface area contributed by atoms with Crippen molar-refractivity contribution in [3.63, 3.8) is 0 Å². The van der Waals surface area contributed by atoms with Gasteiger partial charge in [0.1, 0.15) is 5.82 Å². The summed E-state index contributed by atoms with van der Waals surface area (Å²) in [6.45, 7) is 6.09. The van der Waals surface area contributed by atoms with Gasteiger partial charge < -0.3 is 4.90 Å². The fourth-order valence-corrected chi connectivity index (χ4v) is 3.16. The van der Waals surface area contributed by atoms with Crippen molar-refractivity contribution in [1.29, 1.82) is 0 Å². The van der Waals surface area contributed by atoms with Crippen LogP contribution in [0.4, 0.5) is 4.39 Å². The second-order valence-electron chi connectivity index (χ2n) is 6.36. The lowest BCUT2D eigenvalue weighted by atomic mass is 10.1. The molecule has 0 spiro atoms. The molecule has 0 atom stereocenters. The summed E-state index contributed by atoms with van der Waals surface area (Å²) in [7, 11) is 0. The molecule has 0 N–H and O–H groups in total. The predicted molar refractivity (Wildman–Crippen MR) is 93.4 cm³/mol. The third-order valence-corrected chi connectivity index (χ3v) is 4.57. The molecular formula is C20H23FN2O. The van der Waals surface area contributed by atoms with E-state index in [1.165, 1.54) is 12.1 Å². The average Bonchev–Trinajstić information content (AvgIpc) is 2.82. The van der Waals surface area contributed by atoms with Crippen LogP contribution in [0, 0.1) is 12.7 Å². The first-order chi connectivity index (χ1) is 11.6. The van der Waals surface area contributed by atoms with E-state index in [1.807, 2.05) is 48.2 Å². The van der Waals surface area contributed by atoms with Crippen molar-refractivity contribution < 1.29 is 9.18 Å². The van der Waals surface area contributed by atoms with Gasteiger partial charge in [-0.15, -0.1) is 0 Å². The van der Waals surface area contributed by atoms with Gasteiger partial charge in [-0.1, -0.05) is 30.3 Å². The SMILES string of the molecule is Cc1ccccc1C(=O)N1CCCN(Cc2ccc(F)cc2)CC1. The molecule has 0 aromatic heterocycles. The van der Waals surface area contributed by atoms with Gasteiger partial charge in [-0.25, -0.2) is 4.39 Å². The largest absolute Gasteiger partial charge is 0.337 e. The van der Waals surface area contributed by atoms with Crippen LogP contribution in [0.25, 0.3) is 0 Å². The second kappa shape index (κ2) is 7.58. The highest BCUT2D eigenvalue weighted by molar-refractivity contribution is 5.95. The van der Waals surface area contributed by atoms with Crippen molar-refractivity contribution in [3.8, 4) is 0 Å². The molecule has 3 nitrogen and oxygen atoms in total. The van der Waals surface area contributed by atoms with Gasteiger partial charge in [-0.3, -0.25) is 9.69 Å². The zero-order valence-corrected chi connectivity index (χ0v) is 14.0. The maximum atomic E-state index is 13.0. The van der Waals surface area contributed by atoms with E-state index in [-0.39, 0.29) is 11.7 Å². The molecule has 126 valence electrons. The Morgan fingerprint density at radius 3 is 2.50 bits per heavy atom. The van der Waals surface area contributed by atoms with Crippen molar-refractivity contribution in [2.45, 2.75) is 19.9 Å². The maximum absolute atomic E-state index is 13.0. The Kier molecular flexibility index (Phi) is 5.26. The Morgan fingerprint density at radius 2 is 1.75 bits per heavy atom. The Bertz CT molecular complexity index is 699. The molecule has 0 aliphatic carbocycles. The van der Waals surface area contributed by atoms with E-state index in [0.717, 1.165) is 55.8 Å². The Balaban J connectivity index is 1.61. The minimum absolute atomic E-state index is 0.122. The van der Waals surface area contributed by atoms with Crippen LogP contribution in [0.15, 0.2) is 48.5 Å². The van der Waals surface area contributed by atoms with E-state index >= 15 is 0 Å². The van der Waals surface area contributed by atoms with Crippen LogP contribution in [0.1, 0.15) is 27.9 Å². The van der Waals surface area contributed by atoms with E-state index in [9.17, 15) is 9.18 Å². The third kappa shape index (κ3) is 4.01. The molecule has 2 aromatic rings. The minimum Gasteiger partial charge on any atom is -0.337 e. The first kappa shape index (κ1) is 16.7. The lowest BCUT2D eigenvalue weighted by Gasteiger charge is -2.22. The first-order valence-corrected chi connectivity index (χ1v) is 8.45. The van der Waals surface area contributed by atoms with E-state index in [2.05, 4.69) is 4.90 Å². The zero-order valence-electron chi connectivity index (χ0n) is 14.0. The second-order valence-corrected chi connectivity index (χ2v) is 6.36. The highest BCUT2D eigenvalue weighted by atomic mass is 19.1. The smallest absolute Gasteiger partial charge is 0.254 e. The summed E-state index contributed by atoms with van der Waals surface area (Å²) in [6.07, 6.45) is 0.957. The molecule has 4 heteroatoms. The summed E-state index contributed by atoms with van der Waals surface area (Å²) in [6, 6.07) is 14.4. The Morgan fingerprint density at radius 1 is 1.00 bits per heavy atom. The van der Waals surface area contributed by atoms with Crippen LogP contribution < -0.4 is 0 Å². The summed E-state index contributed by atoms with van der Waals surface area (Å²) < 4.78 is 13.0.